The number of aromatic nitrogens is 2. The topological polar surface area (TPSA) is 279 Å². The summed E-state index contributed by atoms with van der Waals surface area (Å²) in [4.78, 5) is 58.1. The lowest BCUT2D eigenvalue weighted by atomic mass is 10.1. The number of hydrogen-bond donors (Lipinski definition) is 2. The van der Waals surface area contributed by atoms with E-state index in [1.807, 2.05) is 12.2 Å². The van der Waals surface area contributed by atoms with Gasteiger partial charge in [0.15, 0.2) is 0 Å². The SMILES string of the molecule is C.C=CCCOc1cc(N(Cc2cc(OC)cc(OCC=C)c2)C(=O)OCC)c([N+](=O)[O-])c(N)n1.CCOC(=O)N1Cc2cc(OC)cc(c2)OC/C=C/CCOc2cc1c([N+](=O)[O-])c(N)n2.ClCCl.[2H][2H]. The Morgan fingerprint density at radius 3 is 2.17 bits per heavy atom. The van der Waals surface area contributed by atoms with E-state index in [2.05, 4.69) is 23.1 Å². The number of carbonyl (C=O) groups excluding carboxylic acids is 2. The quantitative estimate of drug-likeness (QED) is 0.0347. The minimum atomic E-state index is -0.815. The van der Waals surface area contributed by atoms with Gasteiger partial charge >= 0.3 is 23.6 Å². The fraction of sp³-hybridized carbons (Fsp3) is 0.348. The predicted octanol–water partition coefficient (Wildman–Crippen LogP) is 10.0. The van der Waals surface area contributed by atoms with Gasteiger partial charge < -0.3 is 49.4 Å². The van der Waals surface area contributed by atoms with Crippen molar-refractivity contribution < 1.29 is 60.3 Å². The highest BCUT2D eigenvalue weighted by Gasteiger charge is 2.32. The van der Waals surface area contributed by atoms with Crippen molar-refractivity contribution in [2.75, 3.05) is 80.5 Å². The van der Waals surface area contributed by atoms with Gasteiger partial charge in [0.05, 0.1) is 68.9 Å². The van der Waals surface area contributed by atoms with Gasteiger partial charge in [-0.05, 0) is 62.1 Å². The van der Waals surface area contributed by atoms with Crippen molar-refractivity contribution in [3.8, 4) is 34.8 Å². The minimum Gasteiger partial charge on any atom is -0.497 e. The number of hydrogen-bond acceptors (Lipinski definition) is 18. The number of methoxy groups -OCH3 is 2. The summed E-state index contributed by atoms with van der Waals surface area (Å²) in [5.41, 5.74) is 11.6. The molecule has 24 heteroatoms. The van der Waals surface area contributed by atoms with E-state index >= 15 is 0 Å². The summed E-state index contributed by atoms with van der Waals surface area (Å²) in [6.07, 6.45) is 6.41. The number of halogens is 2. The number of rotatable bonds is 16. The first-order valence-electron chi connectivity index (χ1n) is 21.8. The number of nitro groups is 2. The molecule has 0 saturated heterocycles. The normalized spacial score (nSPS) is 12.1. The van der Waals surface area contributed by atoms with Crippen LogP contribution in [0.1, 0.15) is 48.2 Å². The molecule has 2 aromatic carbocycles. The summed E-state index contributed by atoms with van der Waals surface area (Å²) in [5, 5.41) is 23.8. The van der Waals surface area contributed by atoms with Crippen LogP contribution in [-0.2, 0) is 22.6 Å². The molecule has 0 spiro atoms. The van der Waals surface area contributed by atoms with Gasteiger partial charge in [0.1, 0.15) is 47.6 Å². The first-order chi connectivity index (χ1) is 34.2. The van der Waals surface area contributed by atoms with Crippen molar-refractivity contribution in [3.05, 3.63) is 117 Å². The highest BCUT2D eigenvalue weighted by atomic mass is 35.5. The van der Waals surface area contributed by atoms with Crippen LogP contribution in [0.5, 0.6) is 34.8 Å². The van der Waals surface area contributed by atoms with Crippen LogP contribution in [0.2, 0.25) is 0 Å². The lowest BCUT2D eigenvalue weighted by Crippen LogP contribution is -2.32. The van der Waals surface area contributed by atoms with Crippen molar-refractivity contribution in [1.29, 1.82) is 0 Å². The van der Waals surface area contributed by atoms with E-state index in [0.717, 1.165) is 9.80 Å². The summed E-state index contributed by atoms with van der Waals surface area (Å²) in [6, 6.07) is 12.7. The number of nitrogens with zero attached hydrogens (tertiary/aromatic N) is 6. The second kappa shape index (κ2) is 30.6. The molecule has 0 fully saturated rings. The van der Waals surface area contributed by atoms with Gasteiger partial charge in [0, 0.05) is 27.2 Å². The van der Waals surface area contributed by atoms with Gasteiger partial charge in [0.25, 0.3) is 0 Å². The number of amides is 2. The number of ether oxygens (including phenoxy) is 8. The van der Waals surface area contributed by atoms with Crippen LogP contribution in [0.3, 0.4) is 0 Å². The Labute approximate surface area is 418 Å². The van der Waals surface area contributed by atoms with Crippen molar-refractivity contribution in [3.63, 3.8) is 0 Å². The molecule has 382 valence electrons. The van der Waals surface area contributed by atoms with E-state index in [-0.39, 0.29) is 87.8 Å². The number of benzene rings is 2. The third-order valence-electron chi connectivity index (χ3n) is 8.89. The lowest BCUT2D eigenvalue weighted by Gasteiger charge is -2.23. The number of anilines is 4. The van der Waals surface area contributed by atoms with Gasteiger partial charge in [-0.3, -0.25) is 30.0 Å². The molecule has 22 nitrogen and oxygen atoms in total. The Morgan fingerprint density at radius 1 is 0.886 bits per heavy atom. The van der Waals surface area contributed by atoms with E-state index in [4.69, 9.17) is 75.5 Å². The summed E-state index contributed by atoms with van der Waals surface area (Å²) in [5.74, 6) is 1.27. The average molecular weight is 1020 g/mol. The smallest absolute Gasteiger partial charge is 0.414 e. The van der Waals surface area contributed by atoms with Crippen LogP contribution in [-0.4, -0.2) is 91.2 Å². The lowest BCUT2D eigenvalue weighted by molar-refractivity contribution is -0.383. The molecule has 2 amide bonds. The molecule has 1 aliphatic rings. The van der Waals surface area contributed by atoms with Crippen LogP contribution in [0.4, 0.5) is 44.0 Å². The molecule has 70 heavy (non-hydrogen) atoms. The van der Waals surface area contributed by atoms with Crippen molar-refractivity contribution in [1.82, 2.24) is 9.97 Å². The summed E-state index contributed by atoms with van der Waals surface area (Å²) in [7, 11) is 2.99. The third-order valence-corrected chi connectivity index (χ3v) is 8.89. The predicted molar refractivity (Wildman–Crippen MR) is 269 cm³/mol. The Kier molecular flexibility index (Phi) is 24.8. The zero-order chi connectivity index (χ0) is 52.9. The van der Waals surface area contributed by atoms with Crippen LogP contribution < -0.4 is 49.7 Å². The van der Waals surface area contributed by atoms with Crippen LogP contribution in [0, 0.1) is 20.2 Å². The van der Waals surface area contributed by atoms with Gasteiger partial charge in [-0.25, -0.2) is 9.59 Å². The Morgan fingerprint density at radius 2 is 1.54 bits per heavy atom. The molecule has 0 aliphatic carbocycles. The van der Waals surface area contributed by atoms with Crippen LogP contribution in [0.25, 0.3) is 0 Å². The van der Waals surface area contributed by atoms with Crippen molar-refractivity contribution in [2.24, 2.45) is 0 Å². The first-order valence-corrected chi connectivity index (χ1v) is 21.9. The molecule has 0 unspecified atom stereocenters. The van der Waals surface area contributed by atoms with Gasteiger partial charge in [0.2, 0.25) is 23.4 Å². The molecule has 3 heterocycles. The molecule has 0 radical (unpaired) electrons. The number of nitrogen functional groups attached to an aromatic ring is 2. The largest absolute Gasteiger partial charge is 0.497 e. The number of alkyl halides is 2. The molecular formula is C46H60Cl2N8O14. The van der Waals surface area contributed by atoms with Crippen LogP contribution in [0.15, 0.2) is 86.0 Å². The highest BCUT2D eigenvalue weighted by Crippen LogP contribution is 2.39. The highest BCUT2D eigenvalue weighted by molar-refractivity contribution is 6.40. The second-order valence-electron chi connectivity index (χ2n) is 13.6. The zero-order valence-electron chi connectivity index (χ0n) is 40.4. The van der Waals surface area contributed by atoms with Crippen molar-refractivity contribution >= 4 is 69.8 Å². The fourth-order valence-corrected chi connectivity index (χ4v) is 6.05. The molecule has 0 saturated carbocycles. The molecule has 4 aromatic rings. The fourth-order valence-electron chi connectivity index (χ4n) is 6.05. The number of nitrogens with two attached hydrogens (primary N) is 2. The minimum absolute atomic E-state index is 0. The monoisotopic (exact) mass is 1020 g/mol. The Bertz CT molecular complexity index is 2440. The molecule has 4 N–H and O–H groups in total. The van der Waals surface area contributed by atoms with Gasteiger partial charge in [-0.2, -0.15) is 9.97 Å². The van der Waals surface area contributed by atoms with E-state index in [1.165, 1.54) is 26.4 Å². The molecule has 2 aromatic heterocycles. The number of fused-ring (bicyclic) bond motifs is 4. The van der Waals surface area contributed by atoms with Crippen molar-refractivity contribution in [2.45, 2.75) is 47.2 Å². The van der Waals surface area contributed by atoms with E-state index < -0.39 is 39.2 Å². The van der Waals surface area contributed by atoms with E-state index in [9.17, 15) is 29.8 Å². The van der Waals surface area contributed by atoms with Gasteiger partial charge in [-0.1, -0.05) is 38.3 Å². The molecule has 1 aliphatic heterocycles. The Balaban J connectivity index is 0.000000653. The van der Waals surface area contributed by atoms with E-state index in [0.29, 0.717) is 53.6 Å². The molecule has 0 atom stereocenters. The maximum atomic E-state index is 12.9. The number of pyridine rings is 2. The Hall–Kier alpha value is -7.72. The third kappa shape index (κ3) is 17.7. The second-order valence-corrected chi connectivity index (χ2v) is 14.4. The van der Waals surface area contributed by atoms with E-state index in [1.54, 1.807) is 62.4 Å². The summed E-state index contributed by atoms with van der Waals surface area (Å²) < 4.78 is 53.5. The number of carbonyl (C=O) groups is 2. The average Bonchev–Trinajstić information content (AvgIpc) is 3.34. The summed E-state index contributed by atoms with van der Waals surface area (Å²) in [6.45, 7) is 11.5. The molecular weight excluding hydrogens is 959 g/mol. The summed E-state index contributed by atoms with van der Waals surface area (Å²) >= 11 is 9.53. The maximum Gasteiger partial charge on any atom is 0.414 e. The zero-order valence-corrected chi connectivity index (χ0v) is 39.9. The maximum absolute atomic E-state index is 12.9. The van der Waals surface area contributed by atoms with Crippen LogP contribution >= 0.6 is 23.2 Å². The van der Waals surface area contributed by atoms with Gasteiger partial charge in [-0.15, -0.1) is 29.8 Å². The first kappa shape index (κ1) is 56.6. The standard InChI is InChI=1S/C23H28N4O7.C21H24N4O7.CH2Cl2.CH4.H2/c1-5-8-10-34-20-14-19(21(27(29)30)22(24)25-20)26(23(28)32-7-3)15-16-11-17(31-4)13-18(12-16)33-9-6-2;1-3-30-21(26)24-13-14-9-15(29-2)11-16(10-14)31-7-5-4-6-8-32-18-12-17(24)19(25(27)28)20(22)23-18;2-1-3;;/h5-6,11-14H,1-2,7-10,15H2,3-4H3,(H2,24,25);4-5,9-12H,3,6-8,13H2,1-2H3,(H2,22,23);1H2;1H4;1H/b;5-4+;;;/i;;;;1+1D. The molecule has 4 bridgehead atoms. The molecule has 5 rings (SSSR count).